The third kappa shape index (κ3) is 4.25. The SMILES string of the molecule is CCNC(=NCCCCN1CCCC1)N1CCc2ccccc21. The van der Waals surface area contributed by atoms with Gasteiger partial charge in [0.25, 0.3) is 0 Å². The summed E-state index contributed by atoms with van der Waals surface area (Å²) in [6.07, 6.45) is 6.34. The fourth-order valence-corrected chi connectivity index (χ4v) is 3.59. The Morgan fingerprint density at radius 2 is 1.96 bits per heavy atom. The molecule has 23 heavy (non-hydrogen) atoms. The Bertz CT molecular complexity index is 520. The maximum absolute atomic E-state index is 4.87. The second kappa shape index (κ2) is 8.34. The van der Waals surface area contributed by atoms with Gasteiger partial charge in [0.1, 0.15) is 0 Å². The number of benzene rings is 1. The number of hydrogen-bond donors (Lipinski definition) is 1. The molecule has 1 saturated heterocycles. The molecule has 0 spiro atoms. The van der Waals surface area contributed by atoms with Crippen LogP contribution in [0.1, 0.15) is 38.2 Å². The van der Waals surface area contributed by atoms with Crippen molar-refractivity contribution in [3.05, 3.63) is 29.8 Å². The highest BCUT2D eigenvalue weighted by Crippen LogP contribution is 2.27. The monoisotopic (exact) mass is 314 g/mol. The van der Waals surface area contributed by atoms with E-state index < -0.39 is 0 Å². The number of para-hydroxylation sites is 1. The molecule has 2 aliphatic heterocycles. The number of rotatable bonds is 6. The Labute approximate surface area is 140 Å². The van der Waals surface area contributed by atoms with E-state index in [2.05, 4.69) is 46.3 Å². The minimum absolute atomic E-state index is 0.922. The van der Waals surface area contributed by atoms with E-state index in [0.717, 1.165) is 32.0 Å². The van der Waals surface area contributed by atoms with Crippen molar-refractivity contribution in [2.75, 3.05) is 44.2 Å². The zero-order valence-electron chi connectivity index (χ0n) is 14.4. The van der Waals surface area contributed by atoms with Gasteiger partial charge in [-0.05, 0) is 70.3 Å². The molecule has 0 saturated carbocycles. The van der Waals surface area contributed by atoms with E-state index >= 15 is 0 Å². The van der Waals surface area contributed by atoms with Crippen molar-refractivity contribution in [3.8, 4) is 0 Å². The maximum Gasteiger partial charge on any atom is 0.198 e. The summed E-state index contributed by atoms with van der Waals surface area (Å²) < 4.78 is 0. The van der Waals surface area contributed by atoms with Gasteiger partial charge in [-0.15, -0.1) is 0 Å². The number of nitrogens with one attached hydrogen (secondary N) is 1. The van der Waals surface area contributed by atoms with Crippen molar-refractivity contribution in [1.82, 2.24) is 10.2 Å². The second-order valence-corrected chi connectivity index (χ2v) is 6.52. The van der Waals surface area contributed by atoms with Crippen molar-refractivity contribution < 1.29 is 0 Å². The first kappa shape index (κ1) is 16.3. The molecule has 0 aliphatic carbocycles. The van der Waals surface area contributed by atoms with Crippen LogP contribution in [0.15, 0.2) is 29.3 Å². The molecule has 1 fully saturated rings. The summed E-state index contributed by atoms with van der Waals surface area (Å²) >= 11 is 0. The summed E-state index contributed by atoms with van der Waals surface area (Å²) in [5.74, 6) is 1.05. The third-order valence-electron chi connectivity index (χ3n) is 4.82. The van der Waals surface area contributed by atoms with Gasteiger partial charge in [0.2, 0.25) is 0 Å². The van der Waals surface area contributed by atoms with Crippen LogP contribution in [0.25, 0.3) is 0 Å². The van der Waals surface area contributed by atoms with Gasteiger partial charge in [-0.2, -0.15) is 0 Å². The first-order valence-electron chi connectivity index (χ1n) is 9.24. The summed E-state index contributed by atoms with van der Waals surface area (Å²) in [6, 6.07) is 8.69. The molecule has 3 rings (SSSR count). The second-order valence-electron chi connectivity index (χ2n) is 6.52. The zero-order chi connectivity index (χ0) is 15.9. The molecule has 4 nitrogen and oxygen atoms in total. The van der Waals surface area contributed by atoms with E-state index in [1.807, 2.05) is 0 Å². The largest absolute Gasteiger partial charge is 0.356 e. The van der Waals surface area contributed by atoms with E-state index in [9.17, 15) is 0 Å². The molecule has 2 aliphatic rings. The topological polar surface area (TPSA) is 30.9 Å². The lowest BCUT2D eigenvalue weighted by Gasteiger charge is -2.22. The molecular weight excluding hydrogens is 284 g/mol. The molecule has 1 aromatic rings. The summed E-state index contributed by atoms with van der Waals surface area (Å²) in [4.78, 5) is 9.81. The van der Waals surface area contributed by atoms with E-state index in [1.165, 1.54) is 56.6 Å². The van der Waals surface area contributed by atoms with Gasteiger partial charge < -0.3 is 15.1 Å². The van der Waals surface area contributed by atoms with Gasteiger partial charge >= 0.3 is 0 Å². The summed E-state index contributed by atoms with van der Waals surface area (Å²) in [6.45, 7) is 8.88. The normalized spacial score (nSPS) is 18.5. The molecule has 0 bridgehead atoms. The molecule has 0 aromatic heterocycles. The summed E-state index contributed by atoms with van der Waals surface area (Å²) in [5.41, 5.74) is 2.76. The molecule has 0 amide bonds. The average molecular weight is 314 g/mol. The number of likely N-dealkylation sites (tertiary alicyclic amines) is 1. The molecule has 0 radical (unpaired) electrons. The van der Waals surface area contributed by atoms with E-state index in [4.69, 9.17) is 4.99 Å². The maximum atomic E-state index is 4.87. The Balaban J connectivity index is 1.52. The minimum Gasteiger partial charge on any atom is -0.356 e. The van der Waals surface area contributed by atoms with Gasteiger partial charge in [0.05, 0.1) is 0 Å². The van der Waals surface area contributed by atoms with Gasteiger partial charge in [-0.3, -0.25) is 4.99 Å². The quantitative estimate of drug-likeness (QED) is 0.498. The van der Waals surface area contributed by atoms with Crippen LogP contribution < -0.4 is 10.2 Å². The van der Waals surface area contributed by atoms with Gasteiger partial charge in [-0.25, -0.2) is 0 Å². The zero-order valence-corrected chi connectivity index (χ0v) is 14.4. The van der Waals surface area contributed by atoms with Gasteiger partial charge in [0, 0.05) is 25.3 Å². The molecule has 2 heterocycles. The van der Waals surface area contributed by atoms with Gasteiger partial charge in [0.15, 0.2) is 5.96 Å². The van der Waals surface area contributed by atoms with Crippen molar-refractivity contribution in [2.45, 2.75) is 39.0 Å². The minimum atomic E-state index is 0.922. The standard InChI is InChI=1S/C19H30N4/c1-2-20-19(21-12-5-6-13-22-14-7-8-15-22)23-16-11-17-9-3-4-10-18(17)23/h3-4,9-10H,2,5-8,11-16H2,1H3,(H,20,21). The molecular formula is C19H30N4. The number of fused-ring (bicyclic) bond motifs is 1. The Kier molecular flexibility index (Phi) is 5.92. The lowest BCUT2D eigenvalue weighted by molar-refractivity contribution is 0.331. The van der Waals surface area contributed by atoms with Crippen LogP contribution in [-0.2, 0) is 6.42 Å². The highest BCUT2D eigenvalue weighted by atomic mass is 15.3. The fourth-order valence-electron chi connectivity index (χ4n) is 3.59. The predicted molar refractivity (Wildman–Crippen MR) is 98.4 cm³/mol. The smallest absolute Gasteiger partial charge is 0.198 e. The first-order valence-corrected chi connectivity index (χ1v) is 9.24. The summed E-state index contributed by atoms with van der Waals surface area (Å²) in [7, 11) is 0. The van der Waals surface area contributed by atoms with E-state index in [1.54, 1.807) is 0 Å². The number of unbranched alkanes of at least 4 members (excludes halogenated alkanes) is 1. The van der Waals surface area contributed by atoms with Crippen LogP contribution in [0.2, 0.25) is 0 Å². The van der Waals surface area contributed by atoms with Crippen molar-refractivity contribution >= 4 is 11.6 Å². The highest BCUT2D eigenvalue weighted by Gasteiger charge is 2.22. The number of nitrogens with zero attached hydrogens (tertiary/aromatic N) is 3. The van der Waals surface area contributed by atoms with Crippen LogP contribution >= 0.6 is 0 Å². The molecule has 0 unspecified atom stereocenters. The number of anilines is 1. The Morgan fingerprint density at radius 3 is 2.78 bits per heavy atom. The van der Waals surface area contributed by atoms with Crippen LogP contribution in [0.4, 0.5) is 5.69 Å². The van der Waals surface area contributed by atoms with E-state index in [-0.39, 0.29) is 0 Å². The molecule has 1 N–H and O–H groups in total. The van der Waals surface area contributed by atoms with E-state index in [0.29, 0.717) is 0 Å². The van der Waals surface area contributed by atoms with Crippen LogP contribution in [0, 0.1) is 0 Å². The van der Waals surface area contributed by atoms with Crippen molar-refractivity contribution in [2.24, 2.45) is 4.99 Å². The molecule has 1 aromatic carbocycles. The number of hydrogen-bond acceptors (Lipinski definition) is 2. The van der Waals surface area contributed by atoms with Crippen molar-refractivity contribution in [3.63, 3.8) is 0 Å². The Morgan fingerprint density at radius 1 is 1.13 bits per heavy atom. The molecule has 4 heteroatoms. The number of guanidine groups is 1. The average Bonchev–Trinajstić information content (AvgIpc) is 3.23. The predicted octanol–water partition coefficient (Wildman–Crippen LogP) is 2.89. The van der Waals surface area contributed by atoms with Crippen molar-refractivity contribution in [1.29, 1.82) is 0 Å². The summed E-state index contributed by atoms with van der Waals surface area (Å²) in [5, 5.41) is 3.46. The first-order chi connectivity index (χ1) is 11.4. The van der Waals surface area contributed by atoms with Crippen LogP contribution in [-0.4, -0.2) is 50.1 Å². The number of aliphatic imine (C=N–C) groups is 1. The van der Waals surface area contributed by atoms with Crippen LogP contribution in [0.5, 0.6) is 0 Å². The molecule has 0 atom stereocenters. The fraction of sp³-hybridized carbons (Fsp3) is 0.632. The molecule has 126 valence electrons. The van der Waals surface area contributed by atoms with Crippen LogP contribution in [0.3, 0.4) is 0 Å². The van der Waals surface area contributed by atoms with Gasteiger partial charge in [-0.1, -0.05) is 18.2 Å². The highest BCUT2D eigenvalue weighted by molar-refractivity contribution is 5.97. The lowest BCUT2D eigenvalue weighted by Crippen LogP contribution is -2.40. The lowest BCUT2D eigenvalue weighted by atomic mass is 10.2. The Hall–Kier alpha value is -1.55. The third-order valence-corrected chi connectivity index (χ3v) is 4.82.